The van der Waals surface area contributed by atoms with E-state index in [-0.39, 0.29) is 0 Å². The summed E-state index contributed by atoms with van der Waals surface area (Å²) >= 11 is 0. The summed E-state index contributed by atoms with van der Waals surface area (Å²) in [7, 11) is 0. The van der Waals surface area contributed by atoms with E-state index in [1.807, 2.05) is 12.1 Å². The molecule has 1 aliphatic carbocycles. The fourth-order valence-electron chi connectivity index (χ4n) is 3.11. The second-order valence-corrected chi connectivity index (χ2v) is 5.96. The number of nitrogens with zero attached hydrogens (tertiary/aromatic N) is 1. The molecule has 0 bridgehead atoms. The smallest absolute Gasteiger partial charge is 0.0991 e. The van der Waals surface area contributed by atoms with Crippen LogP contribution in [0.5, 0.6) is 0 Å². The summed E-state index contributed by atoms with van der Waals surface area (Å²) in [6.07, 6.45) is 13.9. The monoisotopic (exact) mass is 267 g/mol. The van der Waals surface area contributed by atoms with Gasteiger partial charge in [-0.3, -0.25) is 0 Å². The highest BCUT2D eigenvalue weighted by atomic mass is 14.2. The maximum Gasteiger partial charge on any atom is 0.0991 e. The van der Waals surface area contributed by atoms with E-state index in [1.54, 1.807) is 0 Å². The number of benzene rings is 1. The first-order valence-corrected chi connectivity index (χ1v) is 7.97. The molecule has 1 aliphatic rings. The molecular formula is C19H25N. The molecule has 1 heteroatoms. The van der Waals surface area contributed by atoms with Crippen molar-refractivity contribution < 1.29 is 0 Å². The number of rotatable bonds is 5. The van der Waals surface area contributed by atoms with Crippen LogP contribution in [0.15, 0.2) is 36.4 Å². The van der Waals surface area contributed by atoms with E-state index in [2.05, 4.69) is 37.3 Å². The maximum absolute atomic E-state index is 8.79. The third kappa shape index (κ3) is 4.53. The molecule has 1 nitrogen and oxygen atoms in total. The van der Waals surface area contributed by atoms with E-state index in [4.69, 9.17) is 5.26 Å². The van der Waals surface area contributed by atoms with Crippen LogP contribution < -0.4 is 0 Å². The van der Waals surface area contributed by atoms with E-state index in [0.29, 0.717) is 0 Å². The lowest BCUT2D eigenvalue weighted by Crippen LogP contribution is -2.13. The van der Waals surface area contributed by atoms with Crippen molar-refractivity contribution in [2.75, 3.05) is 0 Å². The topological polar surface area (TPSA) is 23.8 Å². The Morgan fingerprint density at radius 2 is 1.85 bits per heavy atom. The predicted molar refractivity (Wildman–Crippen MR) is 84.4 cm³/mol. The quantitative estimate of drug-likeness (QED) is 0.667. The second-order valence-electron chi connectivity index (χ2n) is 5.96. The van der Waals surface area contributed by atoms with Crippen molar-refractivity contribution in [3.63, 3.8) is 0 Å². The van der Waals surface area contributed by atoms with Crippen molar-refractivity contribution in [1.29, 1.82) is 5.26 Å². The third-order valence-corrected chi connectivity index (χ3v) is 4.46. The van der Waals surface area contributed by atoms with Gasteiger partial charge < -0.3 is 0 Å². The SMILES string of the molecule is CC/C=C/C1CCC(CCc2ccc(C#N)cc2)CC1. The Morgan fingerprint density at radius 3 is 2.45 bits per heavy atom. The Hall–Kier alpha value is -1.55. The van der Waals surface area contributed by atoms with Crippen molar-refractivity contribution in [2.24, 2.45) is 11.8 Å². The van der Waals surface area contributed by atoms with Gasteiger partial charge in [-0.05, 0) is 74.5 Å². The van der Waals surface area contributed by atoms with Gasteiger partial charge in [0, 0.05) is 0 Å². The van der Waals surface area contributed by atoms with Crippen LogP contribution in [0.3, 0.4) is 0 Å². The van der Waals surface area contributed by atoms with E-state index in [9.17, 15) is 0 Å². The molecule has 0 saturated heterocycles. The van der Waals surface area contributed by atoms with Crippen LogP contribution in [0.2, 0.25) is 0 Å². The van der Waals surface area contributed by atoms with Crippen LogP contribution in [-0.4, -0.2) is 0 Å². The van der Waals surface area contributed by atoms with Crippen LogP contribution >= 0.6 is 0 Å². The minimum absolute atomic E-state index is 0.761. The zero-order valence-electron chi connectivity index (χ0n) is 12.5. The first kappa shape index (κ1) is 14.9. The lowest BCUT2D eigenvalue weighted by molar-refractivity contribution is 0.296. The second kappa shape index (κ2) is 7.90. The van der Waals surface area contributed by atoms with E-state index < -0.39 is 0 Å². The molecule has 20 heavy (non-hydrogen) atoms. The van der Waals surface area contributed by atoms with Gasteiger partial charge in [0.2, 0.25) is 0 Å². The fraction of sp³-hybridized carbons (Fsp3) is 0.526. The summed E-state index contributed by atoms with van der Waals surface area (Å²) in [6, 6.07) is 10.3. The molecule has 0 aromatic heterocycles. The number of allylic oxidation sites excluding steroid dienone is 2. The molecule has 0 radical (unpaired) electrons. The molecule has 0 N–H and O–H groups in total. The van der Waals surface area contributed by atoms with Gasteiger partial charge in [0.15, 0.2) is 0 Å². The summed E-state index contributed by atoms with van der Waals surface area (Å²) in [5, 5.41) is 8.79. The normalized spacial score (nSPS) is 22.8. The van der Waals surface area contributed by atoms with Crippen LogP contribution in [-0.2, 0) is 6.42 Å². The highest BCUT2D eigenvalue weighted by molar-refractivity contribution is 5.31. The van der Waals surface area contributed by atoms with Crippen molar-refractivity contribution in [1.82, 2.24) is 0 Å². The molecule has 1 aromatic rings. The van der Waals surface area contributed by atoms with Crippen LogP contribution in [0.25, 0.3) is 0 Å². The van der Waals surface area contributed by atoms with E-state index in [0.717, 1.165) is 23.8 Å². The summed E-state index contributed by atoms with van der Waals surface area (Å²) in [5.41, 5.74) is 2.13. The highest BCUT2D eigenvalue weighted by Crippen LogP contribution is 2.32. The van der Waals surface area contributed by atoms with Crippen molar-refractivity contribution in [2.45, 2.75) is 51.9 Å². The zero-order valence-corrected chi connectivity index (χ0v) is 12.5. The lowest BCUT2D eigenvalue weighted by atomic mass is 9.79. The molecule has 0 aliphatic heterocycles. The first-order chi connectivity index (χ1) is 9.81. The van der Waals surface area contributed by atoms with E-state index >= 15 is 0 Å². The van der Waals surface area contributed by atoms with Gasteiger partial charge in [0.05, 0.1) is 11.6 Å². The summed E-state index contributed by atoms with van der Waals surface area (Å²) < 4.78 is 0. The molecule has 1 aromatic carbocycles. The predicted octanol–water partition coefficient (Wildman–Crippen LogP) is 5.26. The Bertz CT molecular complexity index is 456. The molecule has 1 saturated carbocycles. The minimum Gasteiger partial charge on any atom is -0.192 e. The molecule has 1 fully saturated rings. The third-order valence-electron chi connectivity index (χ3n) is 4.46. The van der Waals surface area contributed by atoms with Gasteiger partial charge >= 0.3 is 0 Å². The molecule has 106 valence electrons. The largest absolute Gasteiger partial charge is 0.192 e. The standard InChI is InChI=1S/C19H25N/c1-2-3-4-16-5-7-17(8-6-16)9-10-18-11-13-19(15-20)14-12-18/h3-4,11-14,16-17H,2,5-10H2,1H3/b4-3+. The lowest BCUT2D eigenvalue weighted by Gasteiger charge is -2.26. The molecule has 0 amide bonds. The van der Waals surface area contributed by atoms with Gasteiger partial charge in [0.1, 0.15) is 0 Å². The van der Waals surface area contributed by atoms with Gasteiger partial charge in [-0.15, -0.1) is 0 Å². The average Bonchev–Trinajstić information content (AvgIpc) is 2.52. The Kier molecular flexibility index (Phi) is 5.87. The Balaban J connectivity index is 1.73. The number of hydrogen-bond donors (Lipinski definition) is 0. The van der Waals surface area contributed by atoms with Crippen molar-refractivity contribution >= 4 is 0 Å². The Morgan fingerprint density at radius 1 is 1.15 bits per heavy atom. The molecule has 0 spiro atoms. The first-order valence-electron chi connectivity index (χ1n) is 7.97. The fourth-order valence-corrected chi connectivity index (χ4v) is 3.11. The van der Waals surface area contributed by atoms with Gasteiger partial charge in [-0.1, -0.05) is 31.2 Å². The van der Waals surface area contributed by atoms with E-state index in [1.165, 1.54) is 44.1 Å². The van der Waals surface area contributed by atoms with Crippen LogP contribution in [0, 0.1) is 23.2 Å². The van der Waals surface area contributed by atoms with Crippen molar-refractivity contribution in [3.05, 3.63) is 47.5 Å². The van der Waals surface area contributed by atoms with Gasteiger partial charge in [0.25, 0.3) is 0 Å². The number of nitriles is 1. The maximum atomic E-state index is 8.79. The van der Waals surface area contributed by atoms with Crippen LogP contribution in [0.1, 0.15) is 56.6 Å². The summed E-state index contributed by atoms with van der Waals surface area (Å²) in [6.45, 7) is 2.21. The number of aryl methyl sites for hydroxylation is 1. The van der Waals surface area contributed by atoms with Crippen molar-refractivity contribution in [3.8, 4) is 6.07 Å². The zero-order chi connectivity index (χ0) is 14.2. The molecular weight excluding hydrogens is 242 g/mol. The Labute approximate surface area is 123 Å². The number of hydrogen-bond acceptors (Lipinski definition) is 1. The summed E-state index contributed by atoms with van der Waals surface area (Å²) in [4.78, 5) is 0. The van der Waals surface area contributed by atoms with Gasteiger partial charge in [-0.2, -0.15) is 5.26 Å². The molecule has 0 unspecified atom stereocenters. The molecule has 0 heterocycles. The summed E-state index contributed by atoms with van der Waals surface area (Å²) in [5.74, 6) is 1.73. The minimum atomic E-state index is 0.761. The average molecular weight is 267 g/mol. The van der Waals surface area contributed by atoms with Crippen LogP contribution in [0.4, 0.5) is 0 Å². The highest BCUT2D eigenvalue weighted by Gasteiger charge is 2.19. The molecule has 2 rings (SSSR count). The molecule has 0 atom stereocenters. The van der Waals surface area contributed by atoms with Gasteiger partial charge in [-0.25, -0.2) is 0 Å².